The highest BCUT2D eigenvalue weighted by Gasteiger charge is 2.25. The lowest BCUT2D eigenvalue weighted by Crippen LogP contribution is -2.37. The molecule has 0 spiro atoms. The fraction of sp³-hybridized carbons (Fsp3) is 0.667. The minimum Gasteiger partial charge on any atom is -0.497 e. The normalized spacial score (nSPS) is 29.8. The van der Waals surface area contributed by atoms with E-state index in [1.807, 2.05) is 0 Å². The number of fused-ring (bicyclic) bond motifs is 1. The standard InChI is InChI=1S/C18H27NO/c1-13-5-3-7-15(11-13)19-18-8-4-6-14-12-16(20-2)9-10-17(14)18/h9-10,12-13,15,18-19H,3-8,11H2,1-2H3. The smallest absolute Gasteiger partial charge is 0.119 e. The molecule has 0 bridgehead atoms. The first-order valence-corrected chi connectivity index (χ1v) is 8.19. The molecule has 3 unspecified atom stereocenters. The van der Waals surface area contributed by atoms with E-state index in [1.54, 1.807) is 7.11 Å². The van der Waals surface area contributed by atoms with Crippen molar-refractivity contribution in [2.24, 2.45) is 5.92 Å². The molecule has 1 fully saturated rings. The van der Waals surface area contributed by atoms with Crippen molar-refractivity contribution in [3.8, 4) is 5.75 Å². The first-order valence-electron chi connectivity index (χ1n) is 8.19. The average Bonchev–Trinajstić information content (AvgIpc) is 2.47. The minimum atomic E-state index is 0.556. The summed E-state index contributed by atoms with van der Waals surface area (Å²) in [4.78, 5) is 0. The number of hydrogen-bond acceptors (Lipinski definition) is 2. The third kappa shape index (κ3) is 3.01. The molecule has 0 aromatic heterocycles. The van der Waals surface area contributed by atoms with Crippen molar-refractivity contribution in [3.63, 3.8) is 0 Å². The molecule has 1 N–H and O–H groups in total. The zero-order chi connectivity index (χ0) is 13.9. The summed E-state index contributed by atoms with van der Waals surface area (Å²) >= 11 is 0. The number of ether oxygens (including phenoxy) is 1. The van der Waals surface area contributed by atoms with E-state index in [-0.39, 0.29) is 0 Å². The summed E-state index contributed by atoms with van der Waals surface area (Å²) in [6.45, 7) is 2.40. The second-order valence-corrected chi connectivity index (χ2v) is 6.64. The molecule has 3 atom stereocenters. The van der Waals surface area contributed by atoms with Crippen molar-refractivity contribution < 1.29 is 4.74 Å². The zero-order valence-electron chi connectivity index (χ0n) is 12.8. The number of aryl methyl sites for hydroxylation is 1. The summed E-state index contributed by atoms with van der Waals surface area (Å²) in [6, 6.07) is 7.89. The van der Waals surface area contributed by atoms with E-state index >= 15 is 0 Å². The third-order valence-electron chi connectivity index (χ3n) is 5.04. The highest BCUT2D eigenvalue weighted by atomic mass is 16.5. The SMILES string of the molecule is COc1ccc2c(c1)CCCC2NC1CCCC(C)C1. The predicted molar refractivity (Wildman–Crippen MR) is 83.2 cm³/mol. The van der Waals surface area contributed by atoms with E-state index in [2.05, 4.69) is 30.4 Å². The highest BCUT2D eigenvalue weighted by molar-refractivity contribution is 5.39. The van der Waals surface area contributed by atoms with Crippen LogP contribution < -0.4 is 10.1 Å². The van der Waals surface area contributed by atoms with Crippen molar-refractivity contribution in [3.05, 3.63) is 29.3 Å². The molecule has 0 saturated heterocycles. The van der Waals surface area contributed by atoms with Gasteiger partial charge >= 0.3 is 0 Å². The van der Waals surface area contributed by atoms with E-state index in [1.165, 1.54) is 56.1 Å². The fourth-order valence-electron chi connectivity index (χ4n) is 3.96. The number of hydrogen-bond donors (Lipinski definition) is 1. The van der Waals surface area contributed by atoms with Gasteiger partial charge in [-0.1, -0.05) is 25.8 Å². The zero-order valence-corrected chi connectivity index (χ0v) is 12.8. The first kappa shape index (κ1) is 13.9. The Kier molecular flexibility index (Phi) is 4.30. The highest BCUT2D eigenvalue weighted by Crippen LogP contribution is 2.34. The van der Waals surface area contributed by atoms with Crippen LogP contribution >= 0.6 is 0 Å². The Bertz CT molecular complexity index is 457. The van der Waals surface area contributed by atoms with Gasteiger partial charge < -0.3 is 10.1 Å². The summed E-state index contributed by atoms with van der Waals surface area (Å²) in [5.41, 5.74) is 2.99. The van der Waals surface area contributed by atoms with Gasteiger partial charge in [-0.25, -0.2) is 0 Å². The van der Waals surface area contributed by atoms with E-state index in [9.17, 15) is 0 Å². The van der Waals surface area contributed by atoms with E-state index in [4.69, 9.17) is 4.74 Å². The Morgan fingerprint density at radius 1 is 1.15 bits per heavy atom. The topological polar surface area (TPSA) is 21.3 Å². The number of benzene rings is 1. The molecular weight excluding hydrogens is 246 g/mol. The van der Waals surface area contributed by atoms with Crippen LogP contribution in [0.4, 0.5) is 0 Å². The number of rotatable bonds is 3. The van der Waals surface area contributed by atoms with Crippen LogP contribution in [-0.2, 0) is 6.42 Å². The summed E-state index contributed by atoms with van der Waals surface area (Å²) in [5, 5.41) is 3.94. The molecule has 1 aromatic rings. The Hall–Kier alpha value is -1.02. The van der Waals surface area contributed by atoms with Crippen LogP contribution in [0.25, 0.3) is 0 Å². The lowest BCUT2D eigenvalue weighted by Gasteiger charge is -2.34. The lowest BCUT2D eigenvalue weighted by molar-refractivity contribution is 0.271. The van der Waals surface area contributed by atoms with Gasteiger partial charge in [0.25, 0.3) is 0 Å². The Morgan fingerprint density at radius 3 is 2.85 bits per heavy atom. The molecule has 2 heteroatoms. The van der Waals surface area contributed by atoms with Crippen molar-refractivity contribution in [1.29, 1.82) is 0 Å². The summed E-state index contributed by atoms with van der Waals surface area (Å²) < 4.78 is 5.36. The van der Waals surface area contributed by atoms with E-state index in [0.717, 1.165) is 17.7 Å². The maximum absolute atomic E-state index is 5.36. The average molecular weight is 273 g/mol. The van der Waals surface area contributed by atoms with Crippen LogP contribution in [0.2, 0.25) is 0 Å². The van der Waals surface area contributed by atoms with Gasteiger partial charge in [-0.15, -0.1) is 0 Å². The predicted octanol–water partition coefficient (Wildman–Crippen LogP) is 4.24. The Balaban J connectivity index is 1.72. The van der Waals surface area contributed by atoms with Crippen LogP contribution in [0.1, 0.15) is 62.6 Å². The summed E-state index contributed by atoms with van der Waals surface area (Å²) in [7, 11) is 1.75. The van der Waals surface area contributed by atoms with Gasteiger partial charge in [-0.05, 0) is 61.3 Å². The van der Waals surface area contributed by atoms with Crippen LogP contribution in [0, 0.1) is 5.92 Å². The van der Waals surface area contributed by atoms with Crippen LogP contribution in [0.15, 0.2) is 18.2 Å². The Morgan fingerprint density at radius 2 is 2.05 bits per heavy atom. The second-order valence-electron chi connectivity index (χ2n) is 6.64. The van der Waals surface area contributed by atoms with Gasteiger partial charge in [0.15, 0.2) is 0 Å². The van der Waals surface area contributed by atoms with Crippen molar-refractivity contribution in [1.82, 2.24) is 5.32 Å². The van der Waals surface area contributed by atoms with Gasteiger partial charge in [0.05, 0.1) is 7.11 Å². The molecule has 2 aliphatic carbocycles. The molecule has 2 aliphatic rings. The molecule has 0 aliphatic heterocycles. The fourth-order valence-corrected chi connectivity index (χ4v) is 3.96. The maximum atomic E-state index is 5.36. The van der Waals surface area contributed by atoms with Crippen LogP contribution in [-0.4, -0.2) is 13.2 Å². The van der Waals surface area contributed by atoms with Crippen LogP contribution in [0.3, 0.4) is 0 Å². The van der Waals surface area contributed by atoms with E-state index < -0.39 is 0 Å². The quantitative estimate of drug-likeness (QED) is 0.889. The molecule has 3 rings (SSSR count). The summed E-state index contributed by atoms with van der Waals surface area (Å²) in [6.07, 6.45) is 9.28. The minimum absolute atomic E-state index is 0.556. The number of methoxy groups -OCH3 is 1. The van der Waals surface area contributed by atoms with E-state index in [0.29, 0.717) is 6.04 Å². The second kappa shape index (κ2) is 6.17. The van der Waals surface area contributed by atoms with Crippen LogP contribution in [0.5, 0.6) is 5.75 Å². The van der Waals surface area contributed by atoms with Crippen molar-refractivity contribution >= 4 is 0 Å². The lowest BCUT2D eigenvalue weighted by atomic mass is 9.83. The number of nitrogens with one attached hydrogen (secondary N) is 1. The van der Waals surface area contributed by atoms with Gasteiger partial charge in [0.1, 0.15) is 5.75 Å². The van der Waals surface area contributed by atoms with Gasteiger partial charge in [-0.2, -0.15) is 0 Å². The first-order chi connectivity index (χ1) is 9.76. The molecular formula is C18H27NO. The largest absolute Gasteiger partial charge is 0.497 e. The van der Waals surface area contributed by atoms with Crippen molar-refractivity contribution in [2.45, 2.75) is 64.0 Å². The van der Waals surface area contributed by atoms with Gasteiger partial charge in [0.2, 0.25) is 0 Å². The third-order valence-corrected chi connectivity index (χ3v) is 5.04. The van der Waals surface area contributed by atoms with Crippen molar-refractivity contribution in [2.75, 3.05) is 7.11 Å². The van der Waals surface area contributed by atoms with Gasteiger partial charge in [0, 0.05) is 12.1 Å². The summed E-state index contributed by atoms with van der Waals surface area (Å²) in [5.74, 6) is 1.89. The molecule has 1 aromatic carbocycles. The maximum Gasteiger partial charge on any atom is 0.119 e. The molecule has 110 valence electrons. The molecule has 0 radical (unpaired) electrons. The molecule has 1 saturated carbocycles. The van der Waals surface area contributed by atoms with Gasteiger partial charge in [-0.3, -0.25) is 0 Å². The molecule has 20 heavy (non-hydrogen) atoms. The monoisotopic (exact) mass is 273 g/mol. The molecule has 0 heterocycles. The molecule has 0 amide bonds. The molecule has 2 nitrogen and oxygen atoms in total. The Labute approximate surface area is 122 Å².